The highest BCUT2D eigenvalue weighted by Crippen LogP contribution is 2.40. The van der Waals surface area contributed by atoms with Crippen LogP contribution < -0.4 is 11.1 Å². The first kappa shape index (κ1) is 19.1. The lowest BCUT2D eigenvalue weighted by atomic mass is 9.84. The van der Waals surface area contributed by atoms with Gasteiger partial charge in [-0.3, -0.25) is 0 Å². The Balaban J connectivity index is 1.69. The minimum atomic E-state index is -4.35. The number of nitrogens with two attached hydrogens (primary N) is 1. The van der Waals surface area contributed by atoms with Gasteiger partial charge in [0.05, 0.1) is 5.41 Å². The summed E-state index contributed by atoms with van der Waals surface area (Å²) in [5.74, 6) is 0. The number of carbonyl (C=O) groups excluding carboxylic acids is 1. The molecular formula is C20H22F3N3O. The molecule has 2 aromatic carbocycles. The quantitative estimate of drug-likeness (QED) is 0.746. The summed E-state index contributed by atoms with van der Waals surface area (Å²) in [4.78, 5) is 14.2. The summed E-state index contributed by atoms with van der Waals surface area (Å²) in [5, 5.41) is 2.75. The molecule has 0 aliphatic carbocycles. The van der Waals surface area contributed by atoms with E-state index in [1.807, 2.05) is 18.2 Å². The first-order valence-corrected chi connectivity index (χ1v) is 8.69. The van der Waals surface area contributed by atoms with Crippen molar-refractivity contribution in [2.24, 2.45) is 0 Å². The summed E-state index contributed by atoms with van der Waals surface area (Å²) < 4.78 is 39.4. The molecule has 0 bridgehead atoms. The molecule has 3 N–H and O–H groups in total. The molecule has 0 aromatic heterocycles. The molecule has 4 nitrogen and oxygen atoms in total. The molecule has 27 heavy (non-hydrogen) atoms. The van der Waals surface area contributed by atoms with Crippen molar-refractivity contribution in [3.8, 4) is 0 Å². The smallest absolute Gasteiger partial charge is 0.397 e. The molecule has 0 spiro atoms. The van der Waals surface area contributed by atoms with Gasteiger partial charge in [0.1, 0.15) is 0 Å². The van der Waals surface area contributed by atoms with E-state index in [-0.39, 0.29) is 11.6 Å². The molecular weight excluding hydrogens is 355 g/mol. The number of halogens is 3. The maximum atomic E-state index is 13.1. The maximum Gasteiger partial charge on any atom is 0.397 e. The van der Waals surface area contributed by atoms with Crippen LogP contribution in [0.25, 0.3) is 0 Å². The number of alkyl halides is 3. The fourth-order valence-corrected chi connectivity index (χ4v) is 3.15. The third-order valence-electron chi connectivity index (χ3n) is 5.16. The lowest BCUT2D eigenvalue weighted by molar-refractivity contribution is -0.180. The first-order chi connectivity index (χ1) is 12.6. The molecule has 0 saturated heterocycles. The summed E-state index contributed by atoms with van der Waals surface area (Å²) in [5.41, 5.74) is 7.44. The molecule has 0 saturated carbocycles. The van der Waals surface area contributed by atoms with E-state index in [0.29, 0.717) is 25.2 Å². The summed E-state index contributed by atoms with van der Waals surface area (Å²) in [6.07, 6.45) is -3.67. The molecule has 0 unspecified atom stereocenters. The molecule has 7 heteroatoms. The molecule has 0 fully saturated rings. The van der Waals surface area contributed by atoms with Crippen LogP contribution >= 0.6 is 0 Å². The molecule has 2 amide bonds. The van der Waals surface area contributed by atoms with Crippen LogP contribution in [-0.4, -0.2) is 23.7 Å². The number of anilines is 2. The second-order valence-electron chi connectivity index (χ2n) is 7.29. The van der Waals surface area contributed by atoms with Crippen LogP contribution in [0, 0.1) is 0 Å². The normalized spacial score (nSPS) is 14.6. The van der Waals surface area contributed by atoms with E-state index >= 15 is 0 Å². The Hall–Kier alpha value is -2.70. The van der Waals surface area contributed by atoms with Gasteiger partial charge in [-0.2, -0.15) is 13.2 Å². The summed E-state index contributed by atoms with van der Waals surface area (Å²) >= 11 is 0. The second kappa shape index (κ2) is 6.79. The van der Waals surface area contributed by atoms with E-state index in [0.717, 1.165) is 30.7 Å². The van der Waals surface area contributed by atoms with E-state index in [2.05, 4.69) is 5.32 Å². The van der Waals surface area contributed by atoms with Crippen LogP contribution in [-0.2, 0) is 18.4 Å². The number of urea groups is 1. The van der Waals surface area contributed by atoms with Crippen molar-refractivity contribution in [2.45, 2.75) is 38.4 Å². The zero-order valence-corrected chi connectivity index (χ0v) is 15.2. The van der Waals surface area contributed by atoms with Crippen LogP contribution in [0.5, 0.6) is 0 Å². The largest absolute Gasteiger partial charge is 0.398 e. The summed E-state index contributed by atoms with van der Waals surface area (Å²) in [6.45, 7) is 3.26. The van der Waals surface area contributed by atoms with Crippen molar-refractivity contribution >= 4 is 17.4 Å². The fourth-order valence-electron chi connectivity index (χ4n) is 3.15. The van der Waals surface area contributed by atoms with Gasteiger partial charge in [-0.15, -0.1) is 0 Å². The van der Waals surface area contributed by atoms with Crippen molar-refractivity contribution in [3.63, 3.8) is 0 Å². The Morgan fingerprint density at radius 3 is 2.41 bits per heavy atom. The molecule has 0 atom stereocenters. The van der Waals surface area contributed by atoms with Crippen molar-refractivity contribution < 1.29 is 18.0 Å². The van der Waals surface area contributed by atoms with E-state index < -0.39 is 11.6 Å². The van der Waals surface area contributed by atoms with E-state index in [4.69, 9.17) is 5.73 Å². The van der Waals surface area contributed by atoms with Gasteiger partial charge in [-0.05, 0) is 55.2 Å². The fraction of sp³-hybridized carbons (Fsp3) is 0.350. The van der Waals surface area contributed by atoms with E-state index in [9.17, 15) is 18.0 Å². The van der Waals surface area contributed by atoms with Crippen molar-refractivity contribution in [1.82, 2.24) is 4.90 Å². The number of nitrogens with one attached hydrogen (secondary N) is 1. The second-order valence-corrected chi connectivity index (χ2v) is 7.29. The number of nitrogens with zero attached hydrogens (tertiary/aromatic N) is 1. The van der Waals surface area contributed by atoms with Crippen LogP contribution in [0.15, 0.2) is 42.5 Å². The lowest BCUT2D eigenvalue weighted by Gasteiger charge is -2.30. The van der Waals surface area contributed by atoms with Crippen molar-refractivity contribution in [3.05, 3.63) is 59.2 Å². The van der Waals surface area contributed by atoms with Crippen LogP contribution in [0.2, 0.25) is 0 Å². The number of fused-ring (bicyclic) bond motifs is 1. The predicted octanol–water partition coefficient (Wildman–Crippen LogP) is 4.70. The SMILES string of the molecule is CC(C)(c1ccc(NC(=O)N2CCc3c(N)cccc3C2)cc1)C(F)(F)F. The van der Waals surface area contributed by atoms with Crippen molar-refractivity contribution in [1.29, 1.82) is 0 Å². The van der Waals surface area contributed by atoms with Gasteiger partial charge in [-0.1, -0.05) is 24.3 Å². The van der Waals surface area contributed by atoms with Gasteiger partial charge in [0, 0.05) is 24.5 Å². The van der Waals surface area contributed by atoms with Crippen LogP contribution in [0.3, 0.4) is 0 Å². The molecule has 0 radical (unpaired) electrons. The number of carbonyl (C=O) groups is 1. The van der Waals surface area contributed by atoms with Gasteiger partial charge in [0.2, 0.25) is 0 Å². The summed E-state index contributed by atoms with van der Waals surface area (Å²) in [6, 6.07) is 11.2. The molecule has 1 aliphatic heterocycles. The summed E-state index contributed by atoms with van der Waals surface area (Å²) in [7, 11) is 0. The predicted molar refractivity (Wildman–Crippen MR) is 99.5 cm³/mol. The highest BCUT2D eigenvalue weighted by atomic mass is 19.4. The third-order valence-corrected chi connectivity index (χ3v) is 5.16. The Morgan fingerprint density at radius 2 is 1.78 bits per heavy atom. The Labute approximate surface area is 156 Å². The zero-order valence-electron chi connectivity index (χ0n) is 15.2. The minimum Gasteiger partial charge on any atom is -0.398 e. The van der Waals surface area contributed by atoms with E-state index in [1.165, 1.54) is 24.3 Å². The Morgan fingerprint density at radius 1 is 1.11 bits per heavy atom. The highest BCUT2D eigenvalue weighted by Gasteiger charge is 2.48. The third kappa shape index (κ3) is 3.72. The molecule has 1 heterocycles. The average molecular weight is 377 g/mol. The maximum absolute atomic E-state index is 13.1. The minimum absolute atomic E-state index is 0.148. The van der Waals surface area contributed by atoms with Crippen LogP contribution in [0.4, 0.5) is 29.3 Å². The van der Waals surface area contributed by atoms with Crippen molar-refractivity contribution in [2.75, 3.05) is 17.6 Å². The molecule has 2 aromatic rings. The lowest BCUT2D eigenvalue weighted by Crippen LogP contribution is -2.39. The van der Waals surface area contributed by atoms with Gasteiger partial charge >= 0.3 is 12.2 Å². The number of amides is 2. The average Bonchev–Trinajstić information content (AvgIpc) is 2.61. The zero-order chi connectivity index (χ0) is 19.8. The number of nitrogen functional groups attached to an aromatic ring is 1. The van der Waals surface area contributed by atoms with E-state index in [1.54, 1.807) is 4.90 Å². The Bertz CT molecular complexity index is 845. The highest BCUT2D eigenvalue weighted by molar-refractivity contribution is 5.89. The topological polar surface area (TPSA) is 58.4 Å². The van der Waals surface area contributed by atoms with Gasteiger partial charge in [-0.25, -0.2) is 4.79 Å². The monoisotopic (exact) mass is 377 g/mol. The molecule has 144 valence electrons. The number of benzene rings is 2. The van der Waals surface area contributed by atoms with Gasteiger partial charge in [0.15, 0.2) is 0 Å². The first-order valence-electron chi connectivity index (χ1n) is 8.69. The van der Waals surface area contributed by atoms with Gasteiger partial charge in [0.25, 0.3) is 0 Å². The van der Waals surface area contributed by atoms with Crippen LogP contribution in [0.1, 0.15) is 30.5 Å². The number of hydrogen-bond acceptors (Lipinski definition) is 2. The van der Waals surface area contributed by atoms with Gasteiger partial charge < -0.3 is 16.0 Å². The standard InChI is InChI=1S/C20H22F3N3O/c1-19(2,20(21,22)23)14-6-8-15(9-7-14)25-18(27)26-11-10-16-13(12-26)4-3-5-17(16)24/h3-9H,10-12,24H2,1-2H3,(H,25,27). The number of rotatable bonds is 2. The Kier molecular flexibility index (Phi) is 4.80. The molecule has 3 rings (SSSR count). The molecule has 1 aliphatic rings. The number of hydrogen-bond donors (Lipinski definition) is 2.